The fraction of sp³-hybridized carbons (Fsp3) is 0.350. The number of carbonyl (C=O) groups is 2. The summed E-state index contributed by atoms with van der Waals surface area (Å²) in [6, 6.07) is 5.50. The second-order valence-electron chi connectivity index (χ2n) is 6.76. The van der Waals surface area contributed by atoms with Crippen molar-refractivity contribution in [1.29, 1.82) is 0 Å². The highest BCUT2D eigenvalue weighted by molar-refractivity contribution is 5.95. The third-order valence-electron chi connectivity index (χ3n) is 4.67. The van der Waals surface area contributed by atoms with E-state index in [1.54, 1.807) is 10.6 Å². The zero-order chi connectivity index (χ0) is 21.0. The summed E-state index contributed by atoms with van der Waals surface area (Å²) in [6.45, 7) is 5.62. The number of nitrogens with one attached hydrogen (secondary N) is 2. The van der Waals surface area contributed by atoms with E-state index >= 15 is 0 Å². The molecule has 0 fully saturated rings. The van der Waals surface area contributed by atoms with Gasteiger partial charge >= 0.3 is 0 Å². The molecule has 2 heterocycles. The third kappa shape index (κ3) is 4.68. The maximum absolute atomic E-state index is 12.2. The lowest BCUT2D eigenvalue weighted by molar-refractivity contribution is -0.124. The number of benzene rings is 1. The number of aromatic nitrogens is 4. The number of amides is 2. The average Bonchev–Trinajstić information content (AvgIpc) is 3.15. The van der Waals surface area contributed by atoms with Crippen LogP contribution >= 0.6 is 0 Å². The molecular formula is C20H24N6O3. The van der Waals surface area contributed by atoms with Crippen molar-refractivity contribution in [2.75, 3.05) is 19.0 Å². The van der Waals surface area contributed by atoms with Crippen LogP contribution in [0, 0.1) is 20.8 Å². The van der Waals surface area contributed by atoms with E-state index in [0.717, 1.165) is 22.5 Å². The molecule has 0 aliphatic rings. The topological polar surface area (TPSA) is 111 Å². The van der Waals surface area contributed by atoms with Crippen molar-refractivity contribution in [1.82, 2.24) is 24.9 Å². The SMILES string of the molecule is COc1ccc(C)cc1NC(=O)CNC(=O)CCc1c(C)nc2ncnn2c1C. The number of nitrogens with zero attached hydrogens (tertiary/aromatic N) is 4. The van der Waals surface area contributed by atoms with Crippen molar-refractivity contribution >= 4 is 23.3 Å². The van der Waals surface area contributed by atoms with Gasteiger partial charge in [-0.05, 0) is 50.5 Å². The van der Waals surface area contributed by atoms with Crippen molar-refractivity contribution in [3.63, 3.8) is 0 Å². The summed E-state index contributed by atoms with van der Waals surface area (Å²) in [6.07, 6.45) is 2.19. The highest BCUT2D eigenvalue weighted by Gasteiger charge is 2.14. The number of aryl methyl sites for hydroxylation is 3. The van der Waals surface area contributed by atoms with Gasteiger partial charge < -0.3 is 15.4 Å². The minimum absolute atomic E-state index is 0.117. The van der Waals surface area contributed by atoms with Crippen LogP contribution in [-0.2, 0) is 16.0 Å². The molecule has 3 aromatic rings. The Labute approximate surface area is 168 Å². The maximum atomic E-state index is 12.2. The second kappa shape index (κ2) is 8.68. The molecule has 0 aliphatic heterocycles. The van der Waals surface area contributed by atoms with Gasteiger partial charge in [0, 0.05) is 17.8 Å². The Balaban J connectivity index is 1.54. The van der Waals surface area contributed by atoms with Crippen LogP contribution in [0.3, 0.4) is 0 Å². The number of methoxy groups -OCH3 is 1. The standard InChI is InChI=1S/C20H24N6O3/c1-12-5-7-17(29-4)16(9-12)25-19(28)10-21-18(27)8-6-15-13(2)24-20-22-11-23-26(20)14(15)3/h5,7,9,11H,6,8,10H2,1-4H3,(H,21,27)(H,25,28). The van der Waals surface area contributed by atoms with E-state index in [-0.39, 0.29) is 24.8 Å². The molecule has 0 atom stereocenters. The minimum atomic E-state index is -0.319. The van der Waals surface area contributed by atoms with Crippen molar-refractivity contribution < 1.29 is 14.3 Å². The number of anilines is 1. The van der Waals surface area contributed by atoms with Crippen LogP contribution < -0.4 is 15.4 Å². The number of hydrogen-bond acceptors (Lipinski definition) is 6. The van der Waals surface area contributed by atoms with Crippen LogP contribution in [-0.4, -0.2) is 45.1 Å². The number of rotatable bonds is 7. The van der Waals surface area contributed by atoms with Crippen molar-refractivity contribution in [2.24, 2.45) is 0 Å². The van der Waals surface area contributed by atoms with E-state index in [1.165, 1.54) is 13.4 Å². The maximum Gasteiger partial charge on any atom is 0.252 e. The van der Waals surface area contributed by atoms with Gasteiger partial charge in [-0.2, -0.15) is 10.1 Å². The first-order valence-corrected chi connectivity index (χ1v) is 9.26. The molecule has 2 amide bonds. The fourth-order valence-corrected chi connectivity index (χ4v) is 3.14. The van der Waals surface area contributed by atoms with Gasteiger partial charge in [-0.25, -0.2) is 9.50 Å². The first kappa shape index (κ1) is 20.2. The summed E-state index contributed by atoms with van der Waals surface area (Å²) in [5.41, 5.74) is 4.24. The monoisotopic (exact) mass is 396 g/mol. The summed E-state index contributed by atoms with van der Waals surface area (Å²) in [5.74, 6) is 0.572. The van der Waals surface area contributed by atoms with Gasteiger partial charge in [-0.15, -0.1) is 0 Å². The van der Waals surface area contributed by atoms with Crippen molar-refractivity contribution in [3.8, 4) is 5.75 Å². The van der Waals surface area contributed by atoms with Crippen LogP contribution in [0.5, 0.6) is 5.75 Å². The van der Waals surface area contributed by atoms with Crippen LogP contribution in [0.15, 0.2) is 24.5 Å². The van der Waals surface area contributed by atoms with E-state index in [4.69, 9.17) is 4.74 Å². The Bertz CT molecular complexity index is 1060. The predicted octanol–water partition coefficient (Wildman–Crippen LogP) is 1.75. The average molecular weight is 396 g/mol. The summed E-state index contributed by atoms with van der Waals surface area (Å²) >= 11 is 0. The minimum Gasteiger partial charge on any atom is -0.495 e. The highest BCUT2D eigenvalue weighted by atomic mass is 16.5. The Hall–Kier alpha value is -3.49. The summed E-state index contributed by atoms with van der Waals surface area (Å²) in [5, 5.41) is 9.55. The van der Waals surface area contributed by atoms with Gasteiger partial charge in [-0.1, -0.05) is 6.07 Å². The molecule has 0 spiro atoms. The molecule has 1 aromatic carbocycles. The van der Waals surface area contributed by atoms with Gasteiger partial charge in [0.15, 0.2) is 0 Å². The van der Waals surface area contributed by atoms with E-state index in [9.17, 15) is 9.59 Å². The van der Waals surface area contributed by atoms with Gasteiger partial charge in [0.1, 0.15) is 12.1 Å². The van der Waals surface area contributed by atoms with Gasteiger partial charge in [0.05, 0.1) is 19.3 Å². The number of fused-ring (bicyclic) bond motifs is 1. The molecule has 29 heavy (non-hydrogen) atoms. The molecule has 9 heteroatoms. The largest absolute Gasteiger partial charge is 0.495 e. The lowest BCUT2D eigenvalue weighted by atomic mass is 10.1. The summed E-state index contributed by atoms with van der Waals surface area (Å²) in [7, 11) is 1.54. The predicted molar refractivity (Wildman–Crippen MR) is 108 cm³/mol. The Morgan fingerprint density at radius 3 is 2.72 bits per heavy atom. The van der Waals surface area contributed by atoms with Crippen LogP contribution in [0.2, 0.25) is 0 Å². The van der Waals surface area contributed by atoms with Crippen LogP contribution in [0.1, 0.15) is 28.9 Å². The van der Waals surface area contributed by atoms with E-state index < -0.39 is 0 Å². The van der Waals surface area contributed by atoms with Crippen molar-refractivity contribution in [2.45, 2.75) is 33.6 Å². The van der Waals surface area contributed by atoms with E-state index in [2.05, 4.69) is 25.7 Å². The molecule has 0 bridgehead atoms. The quantitative estimate of drug-likeness (QED) is 0.629. The Kier molecular flexibility index (Phi) is 6.06. The second-order valence-corrected chi connectivity index (χ2v) is 6.76. The molecule has 2 N–H and O–H groups in total. The molecule has 0 aliphatic carbocycles. The third-order valence-corrected chi connectivity index (χ3v) is 4.67. The van der Waals surface area contributed by atoms with Gasteiger partial charge in [0.25, 0.3) is 5.78 Å². The van der Waals surface area contributed by atoms with Crippen molar-refractivity contribution in [3.05, 3.63) is 47.0 Å². The smallest absolute Gasteiger partial charge is 0.252 e. The van der Waals surface area contributed by atoms with Gasteiger partial charge in [0.2, 0.25) is 11.8 Å². The van der Waals surface area contributed by atoms with Gasteiger partial charge in [-0.3, -0.25) is 9.59 Å². The highest BCUT2D eigenvalue weighted by Crippen LogP contribution is 2.24. The van der Waals surface area contributed by atoms with E-state index in [0.29, 0.717) is 23.6 Å². The lowest BCUT2D eigenvalue weighted by Gasteiger charge is -2.12. The first-order valence-electron chi connectivity index (χ1n) is 9.26. The molecule has 0 radical (unpaired) electrons. The normalized spacial score (nSPS) is 10.8. The molecule has 152 valence electrons. The Morgan fingerprint density at radius 1 is 1.17 bits per heavy atom. The molecule has 0 saturated heterocycles. The molecule has 0 saturated carbocycles. The summed E-state index contributed by atoms with van der Waals surface area (Å²) < 4.78 is 6.90. The molecule has 0 unspecified atom stereocenters. The zero-order valence-corrected chi connectivity index (χ0v) is 16.9. The zero-order valence-electron chi connectivity index (χ0n) is 16.9. The number of ether oxygens (including phenoxy) is 1. The molecule has 9 nitrogen and oxygen atoms in total. The number of carbonyl (C=O) groups excluding carboxylic acids is 2. The molecule has 3 rings (SSSR count). The van der Waals surface area contributed by atoms with Crippen LogP contribution in [0.4, 0.5) is 5.69 Å². The van der Waals surface area contributed by atoms with E-state index in [1.807, 2.05) is 32.9 Å². The fourth-order valence-electron chi connectivity index (χ4n) is 3.14. The Morgan fingerprint density at radius 2 is 1.97 bits per heavy atom. The molecular weight excluding hydrogens is 372 g/mol. The first-order chi connectivity index (χ1) is 13.9. The summed E-state index contributed by atoms with van der Waals surface area (Å²) in [4.78, 5) is 32.9. The lowest BCUT2D eigenvalue weighted by Crippen LogP contribution is -2.33. The number of hydrogen-bond donors (Lipinski definition) is 2. The van der Waals surface area contributed by atoms with Crippen LogP contribution in [0.25, 0.3) is 5.78 Å². The molecule has 2 aromatic heterocycles.